The molecule has 2 aromatic heterocycles. The smallest absolute Gasteiger partial charge is 0.223 e. The van der Waals surface area contributed by atoms with E-state index in [9.17, 15) is 0 Å². The van der Waals surface area contributed by atoms with Crippen molar-refractivity contribution in [2.75, 3.05) is 16.5 Å². The van der Waals surface area contributed by atoms with E-state index in [1.165, 1.54) is 0 Å². The predicted molar refractivity (Wildman–Crippen MR) is 73.0 cm³/mol. The molecule has 2 aromatic rings. The summed E-state index contributed by atoms with van der Waals surface area (Å²) in [5, 5.41) is 6.22. The van der Waals surface area contributed by atoms with Crippen molar-refractivity contribution in [3.05, 3.63) is 22.7 Å². The second-order valence-corrected chi connectivity index (χ2v) is 4.54. The molecule has 0 aliphatic carbocycles. The molecule has 8 heteroatoms. The Morgan fingerprint density at radius 1 is 1.39 bits per heavy atom. The van der Waals surface area contributed by atoms with Crippen LogP contribution in [0.3, 0.4) is 0 Å². The van der Waals surface area contributed by atoms with E-state index < -0.39 is 0 Å². The highest BCUT2D eigenvalue weighted by Gasteiger charge is 2.13. The number of hydrazine groups is 1. The summed E-state index contributed by atoms with van der Waals surface area (Å²) in [5.74, 6) is 6.57. The Kier molecular flexibility index (Phi) is 3.90. The zero-order chi connectivity index (χ0) is 13.0. The zero-order valence-corrected chi connectivity index (χ0v) is 10.7. The fourth-order valence-corrected chi connectivity index (χ4v) is 2.31. The van der Waals surface area contributed by atoms with Crippen molar-refractivity contribution in [3.63, 3.8) is 0 Å². The van der Waals surface area contributed by atoms with Gasteiger partial charge in [-0.2, -0.15) is 9.97 Å². The molecule has 6 N–H and O–H groups in total. The monoisotopic (exact) mass is 265 g/mol. The lowest BCUT2D eigenvalue weighted by molar-refractivity contribution is 0.737. The summed E-state index contributed by atoms with van der Waals surface area (Å²) in [6, 6.07) is 1.80. The lowest BCUT2D eigenvalue weighted by Gasteiger charge is -2.15. The van der Waals surface area contributed by atoms with Gasteiger partial charge in [-0.3, -0.25) is 0 Å². The average molecular weight is 265 g/mol. The molecule has 0 amide bonds. The number of anilines is 3. The Hall–Kier alpha value is -1.93. The molecule has 0 bridgehead atoms. The van der Waals surface area contributed by atoms with E-state index in [4.69, 9.17) is 11.6 Å². The first-order valence-electron chi connectivity index (χ1n) is 5.50. The first-order valence-corrected chi connectivity index (χ1v) is 6.38. The first kappa shape index (κ1) is 12.5. The van der Waals surface area contributed by atoms with Crippen LogP contribution in [0.2, 0.25) is 0 Å². The number of hydrogen-bond acceptors (Lipinski definition) is 8. The van der Waals surface area contributed by atoms with Gasteiger partial charge in [0.05, 0.1) is 6.04 Å². The number of nitrogens with zero attached hydrogens (tertiary/aromatic N) is 3. The standard InChI is InChI=1S/C10H15N7S/c1-2-6(9-13-3-4-18-9)14-7-5-8(17-12)16-10(11)15-7/h3-6H,2,12H2,1H3,(H4,11,14,15,16,17). The topological polar surface area (TPSA) is 115 Å². The second kappa shape index (κ2) is 5.61. The van der Waals surface area contributed by atoms with Gasteiger partial charge in [0.1, 0.15) is 16.6 Å². The summed E-state index contributed by atoms with van der Waals surface area (Å²) in [7, 11) is 0. The van der Waals surface area contributed by atoms with Crippen LogP contribution in [0.5, 0.6) is 0 Å². The normalized spacial score (nSPS) is 12.1. The van der Waals surface area contributed by atoms with Gasteiger partial charge < -0.3 is 16.5 Å². The second-order valence-electron chi connectivity index (χ2n) is 3.62. The summed E-state index contributed by atoms with van der Waals surface area (Å²) in [6.45, 7) is 2.08. The van der Waals surface area contributed by atoms with Crippen molar-refractivity contribution < 1.29 is 0 Å². The van der Waals surface area contributed by atoms with Crippen LogP contribution in [0.25, 0.3) is 0 Å². The molecular formula is C10H15N7S. The van der Waals surface area contributed by atoms with E-state index in [0.717, 1.165) is 11.4 Å². The molecule has 1 atom stereocenters. The van der Waals surface area contributed by atoms with Gasteiger partial charge in [0.25, 0.3) is 0 Å². The lowest BCUT2D eigenvalue weighted by Crippen LogP contribution is -2.14. The van der Waals surface area contributed by atoms with Crippen molar-refractivity contribution in [1.82, 2.24) is 15.0 Å². The molecule has 7 nitrogen and oxygen atoms in total. The van der Waals surface area contributed by atoms with E-state index in [1.807, 2.05) is 5.38 Å². The van der Waals surface area contributed by atoms with Crippen LogP contribution in [0.4, 0.5) is 17.6 Å². The minimum atomic E-state index is 0.102. The number of nitrogens with two attached hydrogens (primary N) is 2. The summed E-state index contributed by atoms with van der Waals surface area (Å²) < 4.78 is 0. The fourth-order valence-electron chi connectivity index (χ4n) is 1.54. The lowest BCUT2D eigenvalue weighted by atomic mass is 10.2. The average Bonchev–Trinajstić information content (AvgIpc) is 2.89. The molecule has 2 rings (SSSR count). The molecule has 0 aliphatic rings. The van der Waals surface area contributed by atoms with Gasteiger partial charge in [-0.25, -0.2) is 10.8 Å². The molecule has 0 saturated heterocycles. The van der Waals surface area contributed by atoms with Gasteiger partial charge in [-0.1, -0.05) is 6.92 Å². The Bertz CT molecular complexity index is 499. The maximum Gasteiger partial charge on any atom is 0.223 e. The van der Waals surface area contributed by atoms with E-state index in [1.54, 1.807) is 23.6 Å². The first-order chi connectivity index (χ1) is 8.72. The van der Waals surface area contributed by atoms with Gasteiger partial charge in [-0.05, 0) is 6.42 Å². The minimum Gasteiger partial charge on any atom is -0.368 e. The molecular weight excluding hydrogens is 250 g/mol. The van der Waals surface area contributed by atoms with E-state index in [0.29, 0.717) is 11.6 Å². The molecule has 18 heavy (non-hydrogen) atoms. The molecule has 0 radical (unpaired) electrons. The number of hydrogen-bond donors (Lipinski definition) is 4. The molecule has 0 aliphatic heterocycles. The van der Waals surface area contributed by atoms with Crippen LogP contribution in [0, 0.1) is 0 Å². The van der Waals surface area contributed by atoms with Crippen molar-refractivity contribution >= 4 is 28.9 Å². The van der Waals surface area contributed by atoms with E-state index in [2.05, 4.69) is 32.6 Å². The van der Waals surface area contributed by atoms with Gasteiger partial charge in [-0.15, -0.1) is 11.3 Å². The van der Waals surface area contributed by atoms with Gasteiger partial charge in [0, 0.05) is 17.6 Å². The highest BCUT2D eigenvalue weighted by Crippen LogP contribution is 2.24. The molecule has 1 unspecified atom stereocenters. The Morgan fingerprint density at radius 3 is 2.78 bits per heavy atom. The van der Waals surface area contributed by atoms with Crippen LogP contribution < -0.4 is 22.3 Å². The van der Waals surface area contributed by atoms with E-state index in [-0.39, 0.29) is 12.0 Å². The maximum absolute atomic E-state index is 5.60. The minimum absolute atomic E-state index is 0.102. The maximum atomic E-state index is 5.60. The van der Waals surface area contributed by atoms with Crippen LogP contribution in [0.1, 0.15) is 24.4 Å². The van der Waals surface area contributed by atoms with Crippen LogP contribution in [-0.4, -0.2) is 15.0 Å². The van der Waals surface area contributed by atoms with Gasteiger partial charge in [0.15, 0.2) is 0 Å². The third-order valence-corrected chi connectivity index (χ3v) is 3.26. The van der Waals surface area contributed by atoms with Crippen LogP contribution in [0.15, 0.2) is 17.6 Å². The predicted octanol–water partition coefficient (Wildman–Crippen LogP) is 1.36. The molecule has 0 aromatic carbocycles. The third kappa shape index (κ3) is 2.84. The number of aromatic nitrogens is 3. The largest absolute Gasteiger partial charge is 0.368 e. The van der Waals surface area contributed by atoms with Gasteiger partial charge >= 0.3 is 0 Å². The van der Waals surface area contributed by atoms with Crippen LogP contribution >= 0.6 is 11.3 Å². The molecule has 96 valence electrons. The van der Waals surface area contributed by atoms with Crippen molar-refractivity contribution in [2.24, 2.45) is 5.84 Å². The number of nitrogen functional groups attached to an aromatic ring is 2. The van der Waals surface area contributed by atoms with Crippen molar-refractivity contribution in [2.45, 2.75) is 19.4 Å². The molecule has 2 heterocycles. The number of nitrogens with one attached hydrogen (secondary N) is 2. The Labute approximate surface area is 109 Å². The third-order valence-electron chi connectivity index (χ3n) is 2.37. The summed E-state index contributed by atoms with van der Waals surface area (Å²) >= 11 is 1.60. The van der Waals surface area contributed by atoms with Crippen molar-refractivity contribution in [1.29, 1.82) is 0 Å². The van der Waals surface area contributed by atoms with E-state index >= 15 is 0 Å². The summed E-state index contributed by atoms with van der Waals surface area (Å²) in [6.07, 6.45) is 2.67. The quantitative estimate of drug-likeness (QED) is 0.476. The Morgan fingerprint density at radius 2 is 2.17 bits per heavy atom. The number of thiazole rings is 1. The molecule has 0 spiro atoms. The Balaban J connectivity index is 2.19. The molecule has 0 fully saturated rings. The highest BCUT2D eigenvalue weighted by atomic mass is 32.1. The zero-order valence-electron chi connectivity index (χ0n) is 9.92. The summed E-state index contributed by atoms with van der Waals surface area (Å²) in [5.41, 5.74) is 8.05. The fraction of sp³-hybridized carbons (Fsp3) is 0.300. The highest BCUT2D eigenvalue weighted by molar-refractivity contribution is 7.09. The van der Waals surface area contributed by atoms with Crippen LogP contribution in [-0.2, 0) is 0 Å². The molecule has 0 saturated carbocycles. The SMILES string of the molecule is CCC(Nc1cc(NN)nc(N)n1)c1nccs1. The van der Waals surface area contributed by atoms with Gasteiger partial charge in [0.2, 0.25) is 5.95 Å². The van der Waals surface area contributed by atoms with Crippen molar-refractivity contribution in [3.8, 4) is 0 Å². The number of rotatable bonds is 5. The summed E-state index contributed by atoms with van der Waals surface area (Å²) in [4.78, 5) is 12.3.